The molecule has 0 fully saturated rings. The van der Waals surface area contributed by atoms with Crippen molar-refractivity contribution in [1.29, 1.82) is 0 Å². The molecule has 0 radical (unpaired) electrons. The summed E-state index contributed by atoms with van der Waals surface area (Å²) in [6.45, 7) is -1.10. The van der Waals surface area contributed by atoms with Crippen LogP contribution in [0.1, 0.15) is 35.6 Å². The predicted octanol–water partition coefficient (Wildman–Crippen LogP) is 4.16. The molecule has 0 aliphatic heterocycles. The maximum atomic E-state index is 13.0. The smallest absolute Gasteiger partial charge is 0.387 e. The number of halogens is 3. The molecule has 1 atom stereocenters. The zero-order valence-electron chi connectivity index (χ0n) is 14.6. The Bertz CT molecular complexity index is 973. The van der Waals surface area contributed by atoms with Gasteiger partial charge in [0.2, 0.25) is 0 Å². The number of ether oxygens (including phenoxy) is 1. The summed E-state index contributed by atoms with van der Waals surface area (Å²) < 4.78 is 32.1. The number of para-hydroxylation sites is 1. The normalized spacial score (nSPS) is 12.5. The van der Waals surface area contributed by atoms with Gasteiger partial charge in [-0.2, -0.15) is 8.78 Å². The number of benzene rings is 1. The topological polar surface area (TPSA) is 69.0 Å². The van der Waals surface area contributed by atoms with E-state index < -0.39 is 6.61 Å². The molecule has 0 spiro atoms. The average molecular weight is 395 g/mol. The lowest BCUT2D eigenvalue weighted by Gasteiger charge is -2.19. The van der Waals surface area contributed by atoms with Crippen molar-refractivity contribution in [3.05, 3.63) is 46.9 Å². The van der Waals surface area contributed by atoms with Crippen molar-refractivity contribution >= 4 is 29.1 Å². The van der Waals surface area contributed by atoms with E-state index in [-0.39, 0.29) is 28.2 Å². The van der Waals surface area contributed by atoms with Crippen LogP contribution in [0.4, 0.5) is 8.78 Å². The van der Waals surface area contributed by atoms with Crippen molar-refractivity contribution < 1.29 is 18.3 Å². The van der Waals surface area contributed by atoms with Crippen molar-refractivity contribution in [2.45, 2.75) is 26.0 Å². The van der Waals surface area contributed by atoms with Gasteiger partial charge in [0.1, 0.15) is 22.2 Å². The first-order valence-corrected chi connectivity index (χ1v) is 8.63. The van der Waals surface area contributed by atoms with Crippen LogP contribution in [0.25, 0.3) is 16.9 Å². The lowest BCUT2D eigenvalue weighted by atomic mass is 10.1. The number of aromatic nitrogens is 3. The lowest BCUT2D eigenvalue weighted by Crippen LogP contribution is -2.21. The minimum atomic E-state index is -3.05. The molecule has 0 bridgehead atoms. The van der Waals surface area contributed by atoms with E-state index in [0.717, 1.165) is 0 Å². The molecule has 6 nitrogen and oxygen atoms in total. The number of rotatable bonds is 7. The lowest BCUT2D eigenvalue weighted by molar-refractivity contribution is -0.0498. The second-order valence-electron chi connectivity index (χ2n) is 5.72. The van der Waals surface area contributed by atoms with Crippen molar-refractivity contribution in [3.63, 3.8) is 0 Å². The highest BCUT2D eigenvalue weighted by Crippen LogP contribution is 2.34. The van der Waals surface area contributed by atoms with Gasteiger partial charge in [0.25, 0.3) is 0 Å². The molecule has 1 unspecified atom stereocenters. The molecule has 3 aromatic rings. The van der Waals surface area contributed by atoms with Gasteiger partial charge in [-0.1, -0.05) is 24.6 Å². The Morgan fingerprint density at radius 3 is 2.70 bits per heavy atom. The largest absolute Gasteiger partial charge is 0.433 e. The molecule has 1 N–H and O–H groups in total. The third-order valence-electron chi connectivity index (χ3n) is 4.16. The average Bonchev–Trinajstić information content (AvgIpc) is 3.00. The monoisotopic (exact) mass is 394 g/mol. The number of fused-ring (bicyclic) bond motifs is 1. The Morgan fingerprint density at radius 1 is 1.30 bits per heavy atom. The maximum Gasteiger partial charge on any atom is 0.387 e. The van der Waals surface area contributed by atoms with E-state index in [1.165, 1.54) is 18.2 Å². The van der Waals surface area contributed by atoms with Gasteiger partial charge < -0.3 is 10.1 Å². The second kappa shape index (κ2) is 7.98. The van der Waals surface area contributed by atoms with Crippen LogP contribution >= 0.6 is 11.6 Å². The number of imidazole rings is 1. The predicted molar refractivity (Wildman–Crippen MR) is 98.0 cm³/mol. The van der Waals surface area contributed by atoms with Crippen LogP contribution in [0.15, 0.2) is 30.3 Å². The number of carbonyl (C=O) groups excluding carboxylic acids is 1. The molecular formula is C18H17ClF2N4O2. The minimum Gasteiger partial charge on any atom is -0.433 e. The highest BCUT2D eigenvalue weighted by Gasteiger charge is 2.25. The number of nitrogens with zero attached hydrogens (tertiary/aromatic N) is 3. The van der Waals surface area contributed by atoms with Gasteiger partial charge in [-0.25, -0.2) is 9.97 Å². The summed E-state index contributed by atoms with van der Waals surface area (Å²) in [6, 6.07) is 7.42. The number of carbonyl (C=O) groups is 1. The number of hydrogen-bond acceptors (Lipinski definition) is 5. The third kappa shape index (κ3) is 3.63. The molecular weight excluding hydrogens is 378 g/mol. The Labute approximate surface area is 159 Å². The van der Waals surface area contributed by atoms with Gasteiger partial charge in [-0.15, -0.1) is 0 Å². The second-order valence-corrected chi connectivity index (χ2v) is 6.11. The van der Waals surface area contributed by atoms with Crippen LogP contribution in [0.2, 0.25) is 5.15 Å². The maximum absolute atomic E-state index is 13.0. The summed E-state index contributed by atoms with van der Waals surface area (Å²) in [5.41, 5.74) is 1.18. The number of nitrogens with one attached hydrogen (secondary N) is 1. The summed E-state index contributed by atoms with van der Waals surface area (Å²) in [6.07, 6.45) is 1.25. The van der Waals surface area contributed by atoms with Crippen LogP contribution < -0.4 is 10.1 Å². The van der Waals surface area contributed by atoms with Crippen LogP contribution in [-0.4, -0.2) is 34.5 Å². The standard InChI is InChI=1S/C18H17ClF2N4O2/c1-3-11(22-2)16-23-12-7-8-14(19)24-17(12)25(16)15-10(9-26)5-4-6-13(15)27-18(20)21/h4-9,11,18,22H,3H2,1-2H3. The zero-order valence-corrected chi connectivity index (χ0v) is 15.4. The first-order chi connectivity index (χ1) is 13.0. The van der Waals surface area contributed by atoms with Gasteiger partial charge in [-0.3, -0.25) is 9.36 Å². The minimum absolute atomic E-state index is 0.147. The number of hydrogen-bond donors (Lipinski definition) is 1. The van der Waals surface area contributed by atoms with Crippen molar-refractivity contribution in [1.82, 2.24) is 19.9 Å². The number of alkyl halides is 2. The molecule has 0 amide bonds. The summed E-state index contributed by atoms with van der Waals surface area (Å²) in [7, 11) is 1.76. The van der Waals surface area contributed by atoms with E-state index in [1.807, 2.05) is 6.92 Å². The van der Waals surface area contributed by atoms with E-state index in [2.05, 4.69) is 20.0 Å². The Hall–Kier alpha value is -2.58. The molecule has 1 aromatic carbocycles. The molecule has 3 rings (SSSR count). The van der Waals surface area contributed by atoms with Crippen molar-refractivity contribution in [2.75, 3.05) is 7.05 Å². The summed E-state index contributed by atoms with van der Waals surface area (Å²) in [5.74, 6) is 0.362. The van der Waals surface area contributed by atoms with E-state index >= 15 is 0 Å². The SMILES string of the molecule is CCC(NC)c1nc2ccc(Cl)nc2n1-c1c(C=O)cccc1OC(F)F. The van der Waals surface area contributed by atoms with Crippen molar-refractivity contribution in [3.8, 4) is 11.4 Å². The van der Waals surface area contributed by atoms with Crippen LogP contribution in [0, 0.1) is 0 Å². The van der Waals surface area contributed by atoms with E-state index in [1.54, 1.807) is 23.7 Å². The number of aldehydes is 1. The quantitative estimate of drug-likeness (QED) is 0.481. The van der Waals surface area contributed by atoms with Crippen LogP contribution in [0.3, 0.4) is 0 Å². The van der Waals surface area contributed by atoms with Crippen molar-refractivity contribution in [2.24, 2.45) is 0 Å². The molecule has 142 valence electrons. The molecule has 2 heterocycles. The Kier molecular flexibility index (Phi) is 5.67. The van der Waals surface area contributed by atoms with Gasteiger partial charge in [0.05, 0.1) is 6.04 Å². The highest BCUT2D eigenvalue weighted by atomic mass is 35.5. The highest BCUT2D eigenvalue weighted by molar-refractivity contribution is 6.29. The molecule has 27 heavy (non-hydrogen) atoms. The Balaban J connectivity index is 2.41. The summed E-state index contributed by atoms with van der Waals surface area (Å²) in [4.78, 5) is 20.5. The van der Waals surface area contributed by atoms with E-state index in [4.69, 9.17) is 11.6 Å². The first kappa shape index (κ1) is 19.2. The third-order valence-corrected chi connectivity index (χ3v) is 4.37. The van der Waals surface area contributed by atoms with Crippen LogP contribution in [0.5, 0.6) is 5.75 Å². The number of pyridine rings is 1. The van der Waals surface area contributed by atoms with Gasteiger partial charge in [0, 0.05) is 5.56 Å². The molecule has 0 saturated heterocycles. The Morgan fingerprint density at radius 2 is 2.07 bits per heavy atom. The molecule has 0 aliphatic rings. The van der Waals surface area contributed by atoms with Gasteiger partial charge in [-0.05, 0) is 37.7 Å². The van der Waals surface area contributed by atoms with Gasteiger partial charge >= 0.3 is 6.61 Å². The molecule has 2 aromatic heterocycles. The zero-order chi connectivity index (χ0) is 19.6. The fourth-order valence-electron chi connectivity index (χ4n) is 2.99. The van der Waals surface area contributed by atoms with E-state index in [9.17, 15) is 13.6 Å². The fourth-order valence-corrected chi connectivity index (χ4v) is 3.13. The molecule has 0 saturated carbocycles. The van der Waals surface area contributed by atoms with Crippen LogP contribution in [-0.2, 0) is 0 Å². The fraction of sp³-hybridized carbons (Fsp3) is 0.278. The summed E-state index contributed by atoms with van der Waals surface area (Å²) in [5, 5.41) is 3.35. The first-order valence-electron chi connectivity index (χ1n) is 8.25. The van der Waals surface area contributed by atoms with E-state index in [0.29, 0.717) is 29.7 Å². The molecule has 9 heteroatoms. The summed E-state index contributed by atoms with van der Waals surface area (Å²) >= 11 is 6.04. The molecule has 0 aliphatic carbocycles. The van der Waals surface area contributed by atoms with Gasteiger partial charge in [0.15, 0.2) is 17.7 Å².